The van der Waals surface area contributed by atoms with Crippen molar-refractivity contribution in [3.05, 3.63) is 53.6 Å². The summed E-state index contributed by atoms with van der Waals surface area (Å²) in [5, 5.41) is 6.05. The number of sulfonamides is 1. The Morgan fingerprint density at radius 1 is 1.08 bits per heavy atom. The van der Waals surface area contributed by atoms with E-state index in [1.165, 1.54) is 6.07 Å². The Kier molecular flexibility index (Phi) is 5.69. The van der Waals surface area contributed by atoms with Crippen molar-refractivity contribution in [3.8, 4) is 0 Å². The molecule has 0 aliphatic rings. The van der Waals surface area contributed by atoms with E-state index in [1.54, 1.807) is 31.2 Å². The van der Waals surface area contributed by atoms with Gasteiger partial charge in [0, 0.05) is 11.4 Å². The third-order valence-corrected chi connectivity index (χ3v) is 3.99. The molecule has 2 aromatic rings. The average Bonchev–Trinajstić information content (AvgIpc) is 2.50. The molecule has 24 heavy (non-hydrogen) atoms. The highest BCUT2D eigenvalue weighted by atomic mass is 35.5. The quantitative estimate of drug-likeness (QED) is 0.731. The molecule has 0 saturated carbocycles. The minimum absolute atomic E-state index is 0.198. The van der Waals surface area contributed by atoms with Gasteiger partial charge in [-0.3, -0.25) is 9.52 Å². The first-order valence-electron chi connectivity index (χ1n) is 7.14. The number of carbonyl (C=O) groups excluding carboxylic acids is 1. The highest BCUT2D eigenvalue weighted by Gasteiger charge is 2.14. The van der Waals surface area contributed by atoms with Gasteiger partial charge in [0.15, 0.2) is 0 Å². The maximum Gasteiger partial charge on any atom is 0.246 e. The number of hydrogen-bond donors (Lipinski definition) is 3. The number of halogens is 1. The third-order valence-electron chi connectivity index (χ3n) is 3.08. The van der Waals surface area contributed by atoms with Crippen LogP contribution in [-0.4, -0.2) is 26.6 Å². The van der Waals surface area contributed by atoms with Gasteiger partial charge in [-0.15, -0.1) is 0 Å². The molecule has 0 aromatic heterocycles. The number of rotatable bonds is 6. The normalized spacial score (nSPS) is 12.3. The molecule has 0 heterocycles. The van der Waals surface area contributed by atoms with E-state index in [4.69, 9.17) is 11.6 Å². The van der Waals surface area contributed by atoms with Crippen LogP contribution in [0, 0.1) is 0 Å². The van der Waals surface area contributed by atoms with Gasteiger partial charge in [0.25, 0.3) is 0 Å². The number of carbonyl (C=O) groups is 1. The number of nitrogens with one attached hydrogen (secondary N) is 3. The summed E-state index contributed by atoms with van der Waals surface area (Å²) < 4.78 is 24.8. The Bertz CT molecular complexity index is 826. The average molecular weight is 368 g/mol. The molecule has 128 valence electrons. The van der Waals surface area contributed by atoms with Crippen LogP contribution in [-0.2, 0) is 14.8 Å². The fourth-order valence-electron chi connectivity index (χ4n) is 1.97. The fraction of sp³-hybridized carbons (Fsp3) is 0.188. The lowest BCUT2D eigenvalue weighted by Crippen LogP contribution is -2.31. The summed E-state index contributed by atoms with van der Waals surface area (Å²) in [4.78, 5) is 12.2. The molecule has 6 nitrogen and oxygen atoms in total. The zero-order valence-electron chi connectivity index (χ0n) is 13.2. The van der Waals surface area contributed by atoms with Gasteiger partial charge >= 0.3 is 0 Å². The standard InChI is InChI=1S/C16H18ClN3O3S/c1-11(16(21)19-12-6-4-3-5-7-12)18-13-8-9-15(14(17)10-13)20-24(2,22)23/h3-11,18,20H,1-2H3,(H,19,21)/t11-/m1/s1. The molecule has 0 radical (unpaired) electrons. The molecule has 8 heteroatoms. The summed E-state index contributed by atoms with van der Waals surface area (Å²) in [5.74, 6) is -0.198. The van der Waals surface area contributed by atoms with Crippen LogP contribution in [0.25, 0.3) is 0 Å². The molecule has 0 saturated heterocycles. The molecular weight excluding hydrogens is 350 g/mol. The summed E-state index contributed by atoms with van der Waals surface area (Å²) in [6, 6.07) is 13.4. The van der Waals surface area contributed by atoms with Gasteiger partial charge in [-0.05, 0) is 37.3 Å². The van der Waals surface area contributed by atoms with Crippen molar-refractivity contribution in [3.63, 3.8) is 0 Å². The fourth-order valence-corrected chi connectivity index (χ4v) is 2.84. The van der Waals surface area contributed by atoms with Crippen LogP contribution in [0.5, 0.6) is 0 Å². The molecule has 1 amide bonds. The third kappa shape index (κ3) is 5.43. The second-order valence-corrected chi connectivity index (χ2v) is 7.45. The number of amides is 1. The van der Waals surface area contributed by atoms with E-state index >= 15 is 0 Å². The maximum atomic E-state index is 12.2. The highest BCUT2D eigenvalue weighted by molar-refractivity contribution is 7.92. The summed E-state index contributed by atoms with van der Waals surface area (Å²) in [5.41, 5.74) is 1.60. The Hall–Kier alpha value is -2.25. The molecule has 0 aliphatic carbocycles. The second kappa shape index (κ2) is 7.55. The largest absolute Gasteiger partial charge is 0.374 e. The van der Waals surface area contributed by atoms with Crippen molar-refractivity contribution in [1.29, 1.82) is 0 Å². The summed E-state index contributed by atoms with van der Waals surface area (Å²) in [6.45, 7) is 1.72. The van der Waals surface area contributed by atoms with Crippen molar-refractivity contribution in [2.75, 3.05) is 21.6 Å². The lowest BCUT2D eigenvalue weighted by molar-refractivity contribution is -0.116. The first kappa shape index (κ1) is 18.1. The Labute approximate surface area is 146 Å². The van der Waals surface area contributed by atoms with Gasteiger partial charge in [-0.1, -0.05) is 29.8 Å². The molecular formula is C16H18ClN3O3S. The predicted molar refractivity (Wildman–Crippen MR) is 98.1 cm³/mol. The van der Waals surface area contributed by atoms with E-state index in [0.717, 1.165) is 6.26 Å². The topological polar surface area (TPSA) is 87.3 Å². The van der Waals surface area contributed by atoms with Gasteiger partial charge in [0.05, 0.1) is 17.0 Å². The van der Waals surface area contributed by atoms with Gasteiger partial charge in [-0.2, -0.15) is 0 Å². The monoisotopic (exact) mass is 367 g/mol. The first-order chi connectivity index (χ1) is 11.2. The lowest BCUT2D eigenvalue weighted by atomic mass is 10.2. The van der Waals surface area contributed by atoms with Crippen molar-refractivity contribution < 1.29 is 13.2 Å². The highest BCUT2D eigenvalue weighted by Crippen LogP contribution is 2.26. The van der Waals surface area contributed by atoms with Crippen molar-refractivity contribution >= 4 is 44.6 Å². The molecule has 3 N–H and O–H groups in total. The zero-order valence-corrected chi connectivity index (χ0v) is 14.8. The Morgan fingerprint density at radius 2 is 1.75 bits per heavy atom. The minimum atomic E-state index is -3.40. The van der Waals surface area contributed by atoms with Crippen molar-refractivity contribution in [1.82, 2.24) is 0 Å². The molecule has 0 bridgehead atoms. The molecule has 0 fully saturated rings. The summed E-state index contributed by atoms with van der Waals surface area (Å²) in [7, 11) is -3.40. The second-order valence-electron chi connectivity index (χ2n) is 5.29. The lowest BCUT2D eigenvalue weighted by Gasteiger charge is -2.16. The molecule has 2 aromatic carbocycles. The van der Waals surface area contributed by atoms with Crippen LogP contribution in [0.4, 0.5) is 17.1 Å². The molecule has 1 atom stereocenters. The van der Waals surface area contributed by atoms with E-state index in [9.17, 15) is 13.2 Å². The van der Waals surface area contributed by atoms with Crippen LogP contribution in [0.1, 0.15) is 6.92 Å². The smallest absolute Gasteiger partial charge is 0.246 e. The van der Waals surface area contributed by atoms with Gasteiger partial charge in [0.1, 0.15) is 6.04 Å². The van der Waals surface area contributed by atoms with Crippen LogP contribution in [0.15, 0.2) is 48.5 Å². The van der Waals surface area contributed by atoms with Crippen LogP contribution < -0.4 is 15.4 Å². The van der Waals surface area contributed by atoms with Gasteiger partial charge in [0.2, 0.25) is 15.9 Å². The maximum absolute atomic E-state index is 12.2. The number of anilines is 3. The van der Waals surface area contributed by atoms with Gasteiger partial charge in [-0.25, -0.2) is 8.42 Å². The van der Waals surface area contributed by atoms with Crippen molar-refractivity contribution in [2.24, 2.45) is 0 Å². The van der Waals surface area contributed by atoms with Crippen molar-refractivity contribution in [2.45, 2.75) is 13.0 Å². The number of para-hydroxylation sites is 1. The SMILES string of the molecule is C[C@@H](Nc1ccc(NS(C)(=O)=O)c(Cl)c1)C(=O)Nc1ccccc1. The van der Waals surface area contributed by atoms with E-state index in [2.05, 4.69) is 15.4 Å². The predicted octanol–water partition coefficient (Wildman–Crippen LogP) is 3.15. The van der Waals surface area contributed by atoms with Crippen LogP contribution >= 0.6 is 11.6 Å². The number of hydrogen-bond acceptors (Lipinski definition) is 4. The molecule has 2 rings (SSSR count). The van der Waals surface area contributed by atoms with E-state index in [1.807, 2.05) is 18.2 Å². The zero-order chi connectivity index (χ0) is 17.7. The number of benzene rings is 2. The Morgan fingerprint density at radius 3 is 2.33 bits per heavy atom. The minimum Gasteiger partial charge on any atom is -0.374 e. The van der Waals surface area contributed by atoms with E-state index < -0.39 is 16.1 Å². The van der Waals surface area contributed by atoms with Crippen LogP contribution in [0.3, 0.4) is 0 Å². The van der Waals surface area contributed by atoms with Crippen LogP contribution in [0.2, 0.25) is 5.02 Å². The summed E-state index contributed by atoms with van der Waals surface area (Å²) in [6.07, 6.45) is 1.05. The van der Waals surface area contributed by atoms with Gasteiger partial charge < -0.3 is 10.6 Å². The van der Waals surface area contributed by atoms with E-state index in [-0.39, 0.29) is 16.6 Å². The first-order valence-corrected chi connectivity index (χ1v) is 9.41. The molecule has 0 unspecified atom stereocenters. The summed E-state index contributed by atoms with van der Waals surface area (Å²) >= 11 is 6.06. The Balaban J connectivity index is 2.02. The molecule has 0 spiro atoms. The van der Waals surface area contributed by atoms with E-state index in [0.29, 0.717) is 11.4 Å². The molecule has 0 aliphatic heterocycles.